The van der Waals surface area contributed by atoms with Crippen LogP contribution in [0.3, 0.4) is 0 Å². The van der Waals surface area contributed by atoms with E-state index in [9.17, 15) is 9.59 Å². The number of rotatable bonds is 6. The van der Waals surface area contributed by atoms with Gasteiger partial charge in [0, 0.05) is 5.92 Å². The molecule has 3 aromatic rings. The second-order valence-electron chi connectivity index (χ2n) is 7.32. The molecule has 0 saturated carbocycles. The number of ketones is 1. The quantitative estimate of drug-likeness (QED) is 0.557. The van der Waals surface area contributed by atoms with Crippen LogP contribution in [0.5, 0.6) is 0 Å². The maximum atomic E-state index is 12.4. The number of amides is 1. The zero-order valence-electron chi connectivity index (χ0n) is 18.3. The molecule has 0 heterocycles. The summed E-state index contributed by atoms with van der Waals surface area (Å²) in [5, 5.41) is 2.73. The molecule has 0 spiro atoms. The Morgan fingerprint density at radius 1 is 0.839 bits per heavy atom. The molecule has 0 aromatic heterocycles. The lowest BCUT2D eigenvalue weighted by molar-refractivity contribution is -0.118. The van der Waals surface area contributed by atoms with Gasteiger partial charge in [-0.3, -0.25) is 4.79 Å². The summed E-state index contributed by atoms with van der Waals surface area (Å²) in [4.78, 5) is 24.4. The van der Waals surface area contributed by atoms with Gasteiger partial charge in [-0.25, -0.2) is 4.79 Å². The van der Waals surface area contributed by atoms with Gasteiger partial charge in [0.15, 0.2) is 5.78 Å². The summed E-state index contributed by atoms with van der Waals surface area (Å²) in [6, 6.07) is 25.4. The monoisotopic (exact) mass is 415 g/mol. The highest BCUT2D eigenvalue weighted by Crippen LogP contribution is 2.44. The third-order valence-electron chi connectivity index (χ3n) is 5.41. The first-order valence-corrected chi connectivity index (χ1v) is 10.8. The van der Waals surface area contributed by atoms with Crippen LogP contribution in [0.2, 0.25) is 0 Å². The molecule has 1 amide bonds. The van der Waals surface area contributed by atoms with Gasteiger partial charge in [0.1, 0.15) is 6.61 Å². The molecule has 1 N–H and O–H groups in total. The molecule has 31 heavy (non-hydrogen) atoms. The summed E-state index contributed by atoms with van der Waals surface area (Å²) in [6.45, 7) is 5.72. The highest BCUT2D eigenvalue weighted by molar-refractivity contribution is 5.85. The van der Waals surface area contributed by atoms with Crippen LogP contribution in [-0.4, -0.2) is 24.5 Å². The van der Waals surface area contributed by atoms with Crippen molar-refractivity contribution in [3.63, 3.8) is 0 Å². The zero-order chi connectivity index (χ0) is 22.2. The maximum absolute atomic E-state index is 12.4. The molecule has 3 aromatic carbocycles. The van der Waals surface area contributed by atoms with Crippen molar-refractivity contribution in [2.45, 2.75) is 39.2 Å². The molecule has 0 fully saturated rings. The van der Waals surface area contributed by atoms with Gasteiger partial charge in [-0.05, 0) is 41.2 Å². The van der Waals surface area contributed by atoms with Gasteiger partial charge in [0.25, 0.3) is 0 Å². The van der Waals surface area contributed by atoms with Gasteiger partial charge in [-0.2, -0.15) is 0 Å². The topological polar surface area (TPSA) is 55.4 Å². The maximum Gasteiger partial charge on any atom is 0.407 e. The van der Waals surface area contributed by atoms with Crippen molar-refractivity contribution < 1.29 is 14.3 Å². The second kappa shape index (κ2) is 10.6. The van der Waals surface area contributed by atoms with Crippen LogP contribution < -0.4 is 5.32 Å². The lowest BCUT2D eigenvalue weighted by atomic mass is 9.98. The van der Waals surface area contributed by atoms with Gasteiger partial charge >= 0.3 is 6.09 Å². The number of hydrogen-bond acceptors (Lipinski definition) is 3. The van der Waals surface area contributed by atoms with Crippen LogP contribution >= 0.6 is 0 Å². The Kier molecular flexibility index (Phi) is 7.60. The molecule has 0 radical (unpaired) electrons. The molecule has 4 nitrogen and oxygen atoms in total. The summed E-state index contributed by atoms with van der Waals surface area (Å²) in [5.41, 5.74) is 5.68. The van der Waals surface area contributed by atoms with E-state index in [2.05, 4.69) is 29.6 Å². The summed E-state index contributed by atoms with van der Waals surface area (Å²) in [5.74, 6) is -0.0968. The number of Topliss-reactive ketones (excluding diaryl/α,β-unsaturated/α-hetero) is 1. The highest BCUT2D eigenvalue weighted by atomic mass is 16.5. The number of carbonyl (C=O) groups excluding carboxylic acids is 2. The van der Waals surface area contributed by atoms with E-state index in [0.717, 1.165) is 16.7 Å². The third kappa shape index (κ3) is 5.21. The number of fused-ring (bicyclic) bond motifs is 3. The number of ether oxygens (including phenoxy) is 1. The minimum Gasteiger partial charge on any atom is -0.449 e. The van der Waals surface area contributed by atoms with E-state index < -0.39 is 12.1 Å². The normalized spacial score (nSPS) is 12.6. The van der Waals surface area contributed by atoms with Gasteiger partial charge in [-0.1, -0.05) is 92.7 Å². The fourth-order valence-electron chi connectivity index (χ4n) is 3.93. The zero-order valence-corrected chi connectivity index (χ0v) is 18.3. The second-order valence-corrected chi connectivity index (χ2v) is 7.32. The lowest BCUT2D eigenvalue weighted by Gasteiger charge is -2.18. The Labute approximate surface area is 184 Å². The number of nitrogens with one attached hydrogen (secondary N) is 1. The van der Waals surface area contributed by atoms with E-state index in [1.165, 1.54) is 18.1 Å². The number of benzene rings is 3. The Morgan fingerprint density at radius 3 is 1.90 bits per heavy atom. The van der Waals surface area contributed by atoms with E-state index in [1.807, 2.05) is 68.4 Å². The summed E-state index contributed by atoms with van der Waals surface area (Å²) < 4.78 is 5.56. The van der Waals surface area contributed by atoms with Gasteiger partial charge in [0.2, 0.25) is 0 Å². The molecule has 0 aliphatic heterocycles. The van der Waals surface area contributed by atoms with Gasteiger partial charge in [0.05, 0.1) is 6.04 Å². The standard InChI is InChI=1S/C25H23NO3.C2H6/c1-17(27)24(15-18-9-3-2-4-10-18)26-25(28)29-16-23-21-13-7-5-11-19(21)20-12-6-8-14-22(20)23;1-2/h2-14,23-24H,15-16H2,1H3,(H,26,28);1-2H3/t24-;/m0./s1. The fourth-order valence-corrected chi connectivity index (χ4v) is 3.93. The van der Waals surface area contributed by atoms with Gasteiger partial charge < -0.3 is 10.1 Å². The smallest absolute Gasteiger partial charge is 0.407 e. The SMILES string of the molecule is CC.CC(=O)[C@H](Cc1ccccc1)NC(=O)OCC1c2ccccc2-c2ccccc21. The lowest BCUT2D eigenvalue weighted by Crippen LogP contribution is -2.42. The average Bonchev–Trinajstić information content (AvgIpc) is 3.13. The van der Waals surface area contributed by atoms with Crippen LogP contribution in [0.15, 0.2) is 78.9 Å². The van der Waals surface area contributed by atoms with Crippen LogP contribution in [-0.2, 0) is 16.0 Å². The first-order chi connectivity index (χ1) is 15.1. The molecular formula is C27H29NO3. The van der Waals surface area contributed by atoms with Gasteiger partial charge in [-0.15, -0.1) is 0 Å². The van der Waals surface area contributed by atoms with Crippen molar-refractivity contribution in [1.82, 2.24) is 5.32 Å². The number of carbonyl (C=O) groups is 2. The highest BCUT2D eigenvalue weighted by Gasteiger charge is 2.29. The molecule has 160 valence electrons. The predicted octanol–water partition coefficient (Wildman–Crippen LogP) is 5.75. The summed E-state index contributed by atoms with van der Waals surface area (Å²) >= 11 is 0. The first-order valence-electron chi connectivity index (χ1n) is 10.8. The van der Waals surface area contributed by atoms with E-state index in [1.54, 1.807) is 0 Å². The number of hydrogen-bond donors (Lipinski definition) is 1. The molecule has 0 bridgehead atoms. The predicted molar refractivity (Wildman–Crippen MR) is 124 cm³/mol. The van der Waals surface area contributed by atoms with Crippen LogP contribution in [0.1, 0.15) is 43.4 Å². The fraction of sp³-hybridized carbons (Fsp3) is 0.259. The minimum absolute atomic E-state index is 0.00180. The van der Waals surface area contributed by atoms with Crippen LogP contribution in [0.4, 0.5) is 4.79 Å². The van der Waals surface area contributed by atoms with E-state index in [0.29, 0.717) is 6.42 Å². The van der Waals surface area contributed by atoms with Crippen LogP contribution in [0, 0.1) is 0 Å². The van der Waals surface area contributed by atoms with Crippen molar-refractivity contribution in [3.05, 3.63) is 95.6 Å². The molecule has 4 rings (SSSR count). The largest absolute Gasteiger partial charge is 0.449 e. The molecule has 4 heteroatoms. The Hall–Kier alpha value is -3.40. The van der Waals surface area contributed by atoms with E-state index >= 15 is 0 Å². The van der Waals surface area contributed by atoms with E-state index in [4.69, 9.17) is 4.74 Å². The molecule has 0 unspecified atom stereocenters. The van der Waals surface area contributed by atoms with Crippen molar-refractivity contribution in [3.8, 4) is 11.1 Å². The first kappa shape index (κ1) is 22.3. The van der Waals surface area contributed by atoms with Crippen molar-refractivity contribution in [2.75, 3.05) is 6.61 Å². The van der Waals surface area contributed by atoms with Crippen molar-refractivity contribution in [2.24, 2.45) is 0 Å². The molecular weight excluding hydrogens is 386 g/mol. The molecule has 1 aliphatic carbocycles. The van der Waals surface area contributed by atoms with Crippen molar-refractivity contribution >= 4 is 11.9 Å². The summed E-state index contributed by atoms with van der Waals surface area (Å²) in [7, 11) is 0. The molecule has 1 atom stereocenters. The molecule has 0 saturated heterocycles. The summed E-state index contributed by atoms with van der Waals surface area (Å²) in [6.07, 6.45) is -0.122. The Bertz CT molecular complexity index is 984. The Balaban J connectivity index is 0.00000132. The Morgan fingerprint density at radius 2 is 1.35 bits per heavy atom. The van der Waals surface area contributed by atoms with E-state index in [-0.39, 0.29) is 18.3 Å². The number of alkyl carbamates (subject to hydrolysis) is 1. The van der Waals surface area contributed by atoms with Crippen molar-refractivity contribution in [1.29, 1.82) is 0 Å². The molecule has 1 aliphatic rings. The van der Waals surface area contributed by atoms with Crippen LogP contribution in [0.25, 0.3) is 11.1 Å². The third-order valence-corrected chi connectivity index (χ3v) is 5.41. The average molecular weight is 416 g/mol. The minimum atomic E-state index is -0.604.